The van der Waals surface area contributed by atoms with Crippen molar-refractivity contribution in [3.8, 4) is 0 Å². The molecule has 7 heteroatoms. The molecular weight excluding hydrogens is 260 g/mol. The van der Waals surface area contributed by atoms with Gasteiger partial charge >= 0.3 is 5.97 Å². The number of imidazole rings is 1. The Morgan fingerprint density at radius 3 is 2.95 bits per heavy atom. The molecular formula is C13H16N4O3. The number of rotatable bonds is 3. The molecule has 0 amide bonds. The standard InChI is InChI=1S/C13H16N4O3/c1-2-20-13(18)10-8-17-9-12(14-7-11(17)15-10)16-3-5-19-6-4-16/h7-9H,2-6H2,1H3. The molecule has 1 aliphatic heterocycles. The van der Waals surface area contributed by atoms with Gasteiger partial charge in [-0.05, 0) is 6.92 Å². The normalized spacial score (nSPS) is 15.6. The number of hydrogen-bond acceptors (Lipinski definition) is 6. The van der Waals surface area contributed by atoms with Crippen LogP contribution in [0.4, 0.5) is 5.82 Å². The zero-order valence-electron chi connectivity index (χ0n) is 11.3. The summed E-state index contributed by atoms with van der Waals surface area (Å²) in [7, 11) is 0. The van der Waals surface area contributed by atoms with Crippen LogP contribution in [0.5, 0.6) is 0 Å². The highest BCUT2D eigenvalue weighted by molar-refractivity contribution is 5.87. The summed E-state index contributed by atoms with van der Waals surface area (Å²) in [5.41, 5.74) is 0.929. The first-order chi connectivity index (χ1) is 9.78. The third-order valence-corrected chi connectivity index (χ3v) is 3.15. The lowest BCUT2D eigenvalue weighted by atomic mass is 10.4. The molecule has 0 aliphatic carbocycles. The van der Waals surface area contributed by atoms with E-state index in [4.69, 9.17) is 9.47 Å². The van der Waals surface area contributed by atoms with Crippen molar-refractivity contribution in [3.05, 3.63) is 24.3 Å². The molecule has 0 saturated carbocycles. The third kappa shape index (κ3) is 2.44. The van der Waals surface area contributed by atoms with Crippen molar-refractivity contribution in [2.75, 3.05) is 37.8 Å². The summed E-state index contributed by atoms with van der Waals surface area (Å²) < 4.78 is 12.1. The molecule has 106 valence electrons. The van der Waals surface area contributed by atoms with Gasteiger partial charge in [0.2, 0.25) is 0 Å². The molecule has 0 aromatic carbocycles. The first kappa shape index (κ1) is 12.9. The minimum Gasteiger partial charge on any atom is -0.461 e. The molecule has 1 saturated heterocycles. The van der Waals surface area contributed by atoms with Crippen molar-refractivity contribution in [3.63, 3.8) is 0 Å². The molecule has 3 heterocycles. The summed E-state index contributed by atoms with van der Waals surface area (Å²) in [5.74, 6) is 0.442. The molecule has 0 atom stereocenters. The minimum atomic E-state index is -0.413. The average Bonchev–Trinajstić information content (AvgIpc) is 2.91. The molecule has 0 N–H and O–H groups in total. The zero-order chi connectivity index (χ0) is 13.9. The molecule has 1 fully saturated rings. The summed E-state index contributed by atoms with van der Waals surface area (Å²) in [6.07, 6.45) is 5.20. The van der Waals surface area contributed by atoms with Crippen LogP contribution in [-0.2, 0) is 9.47 Å². The van der Waals surface area contributed by atoms with Gasteiger partial charge in [0, 0.05) is 19.3 Å². The Bertz CT molecular complexity index is 619. The first-order valence-electron chi connectivity index (χ1n) is 6.62. The largest absolute Gasteiger partial charge is 0.461 e. The van der Waals surface area contributed by atoms with Crippen molar-refractivity contribution >= 4 is 17.4 Å². The van der Waals surface area contributed by atoms with Gasteiger partial charge in [0.05, 0.1) is 32.2 Å². The quantitative estimate of drug-likeness (QED) is 0.770. The number of carbonyl (C=O) groups excluding carboxylic acids is 1. The topological polar surface area (TPSA) is 69.0 Å². The first-order valence-corrected chi connectivity index (χ1v) is 6.62. The smallest absolute Gasteiger partial charge is 0.358 e. The van der Waals surface area contributed by atoms with E-state index >= 15 is 0 Å². The predicted octanol–water partition coefficient (Wildman–Crippen LogP) is 0.743. The number of nitrogens with zero attached hydrogens (tertiary/aromatic N) is 4. The van der Waals surface area contributed by atoms with Crippen molar-refractivity contribution < 1.29 is 14.3 Å². The maximum atomic E-state index is 11.7. The van der Waals surface area contributed by atoms with Crippen LogP contribution >= 0.6 is 0 Å². The number of morpholine rings is 1. The fourth-order valence-corrected chi connectivity index (χ4v) is 2.15. The SMILES string of the molecule is CCOC(=O)c1cn2cc(N3CCOCC3)ncc2n1. The molecule has 0 unspecified atom stereocenters. The van der Waals surface area contributed by atoms with Crippen LogP contribution in [-0.4, -0.2) is 53.2 Å². The Morgan fingerprint density at radius 2 is 2.20 bits per heavy atom. The van der Waals surface area contributed by atoms with Crippen LogP contribution in [0.15, 0.2) is 18.6 Å². The minimum absolute atomic E-state index is 0.299. The lowest BCUT2D eigenvalue weighted by Crippen LogP contribution is -2.36. The van der Waals surface area contributed by atoms with Crippen molar-refractivity contribution in [1.82, 2.24) is 14.4 Å². The molecule has 0 bridgehead atoms. The second-order valence-electron chi connectivity index (χ2n) is 4.46. The Balaban J connectivity index is 1.88. The number of esters is 1. The van der Waals surface area contributed by atoms with E-state index in [9.17, 15) is 4.79 Å². The van der Waals surface area contributed by atoms with Gasteiger partial charge in [0.15, 0.2) is 11.3 Å². The van der Waals surface area contributed by atoms with Gasteiger partial charge in [-0.25, -0.2) is 14.8 Å². The number of carbonyl (C=O) groups is 1. The van der Waals surface area contributed by atoms with Gasteiger partial charge in [-0.1, -0.05) is 0 Å². The maximum absolute atomic E-state index is 11.7. The number of aromatic nitrogens is 3. The van der Waals surface area contributed by atoms with Crippen molar-refractivity contribution in [2.45, 2.75) is 6.92 Å². The van der Waals surface area contributed by atoms with E-state index in [0.29, 0.717) is 31.2 Å². The molecule has 20 heavy (non-hydrogen) atoms. The summed E-state index contributed by atoms with van der Waals surface area (Å²) in [6.45, 7) is 5.15. The Morgan fingerprint density at radius 1 is 1.40 bits per heavy atom. The maximum Gasteiger partial charge on any atom is 0.358 e. The molecule has 0 radical (unpaired) electrons. The third-order valence-electron chi connectivity index (χ3n) is 3.15. The summed E-state index contributed by atoms with van der Waals surface area (Å²) in [5, 5.41) is 0. The van der Waals surface area contributed by atoms with E-state index in [0.717, 1.165) is 18.9 Å². The fraction of sp³-hybridized carbons (Fsp3) is 0.462. The van der Waals surface area contributed by atoms with Crippen LogP contribution in [0.25, 0.3) is 5.65 Å². The Hall–Kier alpha value is -2.15. The molecule has 0 spiro atoms. The predicted molar refractivity (Wildman–Crippen MR) is 72.0 cm³/mol. The van der Waals surface area contributed by atoms with E-state index in [2.05, 4.69) is 14.9 Å². The molecule has 2 aromatic rings. The summed E-state index contributed by atoms with van der Waals surface area (Å²) >= 11 is 0. The van der Waals surface area contributed by atoms with E-state index in [-0.39, 0.29) is 0 Å². The van der Waals surface area contributed by atoms with Crippen LogP contribution in [0, 0.1) is 0 Å². The summed E-state index contributed by atoms with van der Waals surface area (Å²) in [6, 6.07) is 0. The molecule has 3 rings (SSSR count). The summed E-state index contributed by atoms with van der Waals surface area (Å²) in [4.78, 5) is 22.4. The molecule has 1 aliphatic rings. The van der Waals surface area contributed by atoms with Gasteiger partial charge in [-0.15, -0.1) is 0 Å². The molecule has 7 nitrogen and oxygen atoms in total. The Kier molecular flexibility index (Phi) is 3.51. The molecule has 2 aromatic heterocycles. The van der Waals surface area contributed by atoms with Gasteiger partial charge < -0.3 is 18.8 Å². The highest BCUT2D eigenvalue weighted by atomic mass is 16.5. The lowest BCUT2D eigenvalue weighted by molar-refractivity contribution is 0.0520. The van der Waals surface area contributed by atoms with Gasteiger partial charge in [-0.3, -0.25) is 0 Å². The number of anilines is 1. The number of ether oxygens (including phenoxy) is 2. The van der Waals surface area contributed by atoms with Crippen molar-refractivity contribution in [1.29, 1.82) is 0 Å². The van der Waals surface area contributed by atoms with Gasteiger partial charge in [0.25, 0.3) is 0 Å². The second kappa shape index (κ2) is 5.46. The number of hydrogen-bond donors (Lipinski definition) is 0. The van der Waals surface area contributed by atoms with E-state index in [1.165, 1.54) is 0 Å². The van der Waals surface area contributed by atoms with E-state index < -0.39 is 5.97 Å². The van der Waals surface area contributed by atoms with Crippen LogP contribution < -0.4 is 4.90 Å². The lowest BCUT2D eigenvalue weighted by Gasteiger charge is -2.27. The zero-order valence-corrected chi connectivity index (χ0v) is 11.3. The highest BCUT2D eigenvalue weighted by Crippen LogP contribution is 2.14. The second-order valence-corrected chi connectivity index (χ2v) is 4.46. The average molecular weight is 276 g/mol. The van der Waals surface area contributed by atoms with Crippen LogP contribution in [0.1, 0.15) is 17.4 Å². The van der Waals surface area contributed by atoms with Crippen LogP contribution in [0.2, 0.25) is 0 Å². The van der Waals surface area contributed by atoms with Crippen LogP contribution in [0.3, 0.4) is 0 Å². The number of fused-ring (bicyclic) bond motifs is 1. The fourth-order valence-electron chi connectivity index (χ4n) is 2.15. The van der Waals surface area contributed by atoms with Gasteiger partial charge in [0.1, 0.15) is 5.82 Å². The highest BCUT2D eigenvalue weighted by Gasteiger charge is 2.15. The van der Waals surface area contributed by atoms with E-state index in [1.54, 1.807) is 23.7 Å². The monoisotopic (exact) mass is 276 g/mol. The Labute approximate surface area is 116 Å². The van der Waals surface area contributed by atoms with E-state index in [1.807, 2.05) is 6.20 Å². The van der Waals surface area contributed by atoms with Crippen molar-refractivity contribution in [2.24, 2.45) is 0 Å². The van der Waals surface area contributed by atoms with Gasteiger partial charge in [-0.2, -0.15) is 0 Å².